The summed E-state index contributed by atoms with van der Waals surface area (Å²) in [6.07, 6.45) is 9.19. The van der Waals surface area contributed by atoms with E-state index in [4.69, 9.17) is 35.3 Å². The number of amides is 1. The normalized spacial score (nSPS) is 6.78. The van der Waals surface area contributed by atoms with Crippen molar-refractivity contribution in [2.75, 3.05) is 52.7 Å². The van der Waals surface area contributed by atoms with Crippen LogP contribution in [-0.4, -0.2) is 91.0 Å². The first-order valence-electron chi connectivity index (χ1n) is 9.81. The summed E-state index contributed by atoms with van der Waals surface area (Å²) < 4.78 is 9.63. The Kier molecular flexibility index (Phi) is 116. The van der Waals surface area contributed by atoms with Gasteiger partial charge in [0.2, 0.25) is 11.1 Å². The number of aliphatic hydroxyl groups is 2. The predicted molar refractivity (Wildman–Crippen MR) is 138 cm³/mol. The topological polar surface area (TPSA) is 185 Å². The number of hydrogen-bond donors (Lipinski definition) is 5. The number of nitrogens with two attached hydrogens (primary N) is 1. The number of nitrogens with one attached hydrogen (secondary N) is 1. The summed E-state index contributed by atoms with van der Waals surface area (Å²) in [4.78, 5) is 37.7. The second kappa shape index (κ2) is 70.4. The van der Waals surface area contributed by atoms with Gasteiger partial charge in [0.15, 0.2) is 5.97 Å². The number of aliphatic hydroxyl groups excluding tert-OH is 2. The number of ether oxygens (including phenoxy) is 2. The molecule has 0 bridgehead atoms. The van der Waals surface area contributed by atoms with Crippen LogP contribution in [0.2, 0.25) is 0 Å². The first-order valence-corrected chi connectivity index (χ1v) is 10.2. The van der Waals surface area contributed by atoms with Gasteiger partial charge >= 0.3 is 0 Å². The number of rotatable bonds is 9. The number of aliphatic carboxylic acids is 1. The third-order valence-corrected chi connectivity index (χ3v) is 1.35. The summed E-state index contributed by atoms with van der Waals surface area (Å²) >= 11 is 4.64. The molecule has 214 valence electrons. The van der Waals surface area contributed by atoms with Gasteiger partial charge in [-0.05, 0) is 38.2 Å². The molecule has 0 spiro atoms. The Hall–Kier alpha value is -0.562. The molecule has 0 saturated heterocycles. The number of carboxylic acids is 1. The molecule has 0 aliphatic carbocycles. The van der Waals surface area contributed by atoms with Gasteiger partial charge in [0, 0.05) is 92.4 Å². The minimum absolute atomic E-state index is 0. The molecule has 6 N–H and O–H groups in total. The van der Waals surface area contributed by atoms with Gasteiger partial charge in [-0.3, -0.25) is 21.3 Å². The van der Waals surface area contributed by atoms with Crippen molar-refractivity contribution in [1.82, 2.24) is 5.32 Å². The largest absolute Gasteiger partial charge is 0.503 e. The minimum Gasteiger partial charge on any atom is -0.503 e. The quantitative estimate of drug-likeness (QED) is 0.0977. The van der Waals surface area contributed by atoms with Crippen LogP contribution in [0.5, 0.6) is 0 Å². The van der Waals surface area contributed by atoms with E-state index in [-0.39, 0.29) is 95.6 Å². The van der Waals surface area contributed by atoms with Gasteiger partial charge in [-0.2, -0.15) is 0 Å². The maximum absolute atomic E-state index is 10.3. The third-order valence-electron chi connectivity index (χ3n) is 1.35. The van der Waals surface area contributed by atoms with Crippen LogP contribution in [0.1, 0.15) is 34.6 Å². The molecule has 1 amide bonds. The Bertz CT molecular complexity index is 487. The Morgan fingerprint density at radius 3 is 1.32 bits per heavy atom. The fourth-order valence-electron chi connectivity index (χ4n) is 0.716. The molecule has 0 aromatic carbocycles. The number of carbonyl (C=O) groups is 4. The van der Waals surface area contributed by atoms with Gasteiger partial charge in [0.1, 0.15) is 0 Å². The van der Waals surface area contributed by atoms with Crippen molar-refractivity contribution in [3.8, 4) is 24.7 Å². The van der Waals surface area contributed by atoms with E-state index in [9.17, 15) is 14.4 Å². The molecule has 2 radical (unpaired) electrons. The summed E-state index contributed by atoms with van der Waals surface area (Å²) in [7, 11) is 0. The molecule has 0 saturated carbocycles. The molecule has 37 heavy (non-hydrogen) atoms. The molecular formula is C23H43ClN2O9Y2-2. The van der Waals surface area contributed by atoms with Crippen molar-refractivity contribution in [2.45, 2.75) is 34.6 Å². The summed E-state index contributed by atoms with van der Waals surface area (Å²) in [5.41, 5.74) is 5.06. The Morgan fingerprint density at radius 2 is 1.14 bits per heavy atom. The number of hydrogen-bond acceptors (Lipinski definition) is 9. The zero-order valence-corrected chi connectivity index (χ0v) is 29.1. The maximum Gasteiger partial charge on any atom is 0.218 e. The van der Waals surface area contributed by atoms with E-state index in [0.717, 1.165) is 0 Å². The first kappa shape index (κ1) is 60.8. The average Bonchev–Trinajstić information content (AvgIpc) is 2.68. The molecule has 0 fully saturated rings. The smallest absolute Gasteiger partial charge is 0.218 e. The number of terminal acetylenes is 2. The van der Waals surface area contributed by atoms with E-state index in [1.54, 1.807) is 13.8 Å². The fraction of sp³-hybridized carbons (Fsp3) is 0.565. The van der Waals surface area contributed by atoms with Crippen molar-refractivity contribution in [3.05, 3.63) is 13.8 Å². The van der Waals surface area contributed by atoms with Gasteiger partial charge in [0.05, 0.1) is 39.6 Å². The van der Waals surface area contributed by atoms with Crippen LogP contribution in [0.4, 0.5) is 0 Å². The second-order valence-corrected chi connectivity index (χ2v) is 5.62. The molecule has 0 aliphatic heterocycles. The molecular weight excluding hydrogens is 662 g/mol. The second-order valence-electron chi connectivity index (χ2n) is 5.09. The van der Waals surface area contributed by atoms with Gasteiger partial charge < -0.3 is 47.6 Å². The summed E-state index contributed by atoms with van der Waals surface area (Å²) in [5.74, 6) is 3.27. The Labute approximate surface area is 278 Å². The predicted octanol–water partition coefficient (Wildman–Crippen LogP) is 0.446. The SMILES string of the molecule is C#CC.C#CC.CC(=O)Cl.CC(=O)NCCOCCO.NCCOCCO.[CH2-]C(=O)O.[CH2-]C(C)=O.[Y].[Y]. The van der Waals surface area contributed by atoms with Crippen LogP contribution in [0, 0.1) is 38.5 Å². The third kappa shape index (κ3) is 364. The summed E-state index contributed by atoms with van der Waals surface area (Å²) in [5, 5.41) is 25.9. The molecule has 0 atom stereocenters. The summed E-state index contributed by atoms with van der Waals surface area (Å²) in [6, 6.07) is 0. The number of Topliss-reactive ketones (excluding diaryl/α,β-unsaturated/α-hetero) is 1. The standard InChI is InChI=1S/C6H13NO3.C4H11NO2.C3H5O.2C3H4.C2H3ClO.C2H3O2.2Y/c1-6(9)7-2-4-10-5-3-8;5-1-3-7-4-2-6;1-3(2)4;2*1-3-2;2*1-2(3)4;;/h8H,2-5H2,1H3,(H,7,9);6H,1-5H2;1H2,2H3;2*1H,2H3;1H3;1H2,(H,3,4);;/q;;-1;;;;-1;;. The van der Waals surface area contributed by atoms with Crippen molar-refractivity contribution in [1.29, 1.82) is 0 Å². The minimum atomic E-state index is -1.08. The van der Waals surface area contributed by atoms with Gasteiger partial charge in [-0.1, -0.05) is 0 Å². The molecule has 0 aliphatic rings. The molecule has 0 aromatic rings. The number of carboxylic acid groups (broad SMARTS) is 1. The van der Waals surface area contributed by atoms with Crippen LogP contribution in [0.25, 0.3) is 0 Å². The van der Waals surface area contributed by atoms with E-state index >= 15 is 0 Å². The average molecular weight is 705 g/mol. The van der Waals surface area contributed by atoms with Crippen molar-refractivity contribution >= 4 is 34.5 Å². The van der Waals surface area contributed by atoms with E-state index < -0.39 is 5.97 Å². The molecule has 0 rings (SSSR count). The van der Waals surface area contributed by atoms with Gasteiger partial charge in [-0.15, -0.1) is 24.7 Å². The van der Waals surface area contributed by atoms with Gasteiger partial charge in [0.25, 0.3) is 0 Å². The monoisotopic (exact) mass is 704 g/mol. The molecule has 14 heteroatoms. The molecule has 11 nitrogen and oxygen atoms in total. The van der Waals surface area contributed by atoms with Crippen molar-refractivity contribution in [3.63, 3.8) is 0 Å². The number of carbonyl (C=O) groups excluding carboxylic acids is 3. The van der Waals surface area contributed by atoms with E-state index in [0.29, 0.717) is 39.5 Å². The van der Waals surface area contributed by atoms with Crippen LogP contribution in [0.15, 0.2) is 0 Å². The first-order chi connectivity index (χ1) is 16.2. The van der Waals surface area contributed by atoms with Crippen LogP contribution in [0.3, 0.4) is 0 Å². The maximum atomic E-state index is 10.3. The van der Waals surface area contributed by atoms with E-state index in [1.165, 1.54) is 20.8 Å². The zero-order valence-electron chi connectivity index (χ0n) is 22.6. The van der Waals surface area contributed by atoms with Crippen LogP contribution < -0.4 is 11.1 Å². The fourth-order valence-corrected chi connectivity index (χ4v) is 0.716. The van der Waals surface area contributed by atoms with E-state index in [1.807, 2.05) is 0 Å². The van der Waals surface area contributed by atoms with Crippen molar-refractivity contribution in [2.24, 2.45) is 5.73 Å². The van der Waals surface area contributed by atoms with Gasteiger partial charge in [-0.25, -0.2) is 0 Å². The Morgan fingerprint density at radius 1 is 0.892 bits per heavy atom. The van der Waals surface area contributed by atoms with Crippen LogP contribution >= 0.6 is 11.6 Å². The molecule has 0 unspecified atom stereocenters. The zero-order chi connectivity index (χ0) is 29.5. The summed E-state index contributed by atoms with van der Waals surface area (Å²) in [6.45, 7) is 15.9. The number of ketones is 1. The molecule has 0 heterocycles. The molecule has 0 aromatic heterocycles. The van der Waals surface area contributed by atoms with Crippen LogP contribution in [-0.2, 0) is 94.1 Å². The number of halogens is 1. The van der Waals surface area contributed by atoms with E-state index in [2.05, 4.69) is 55.5 Å². The Balaban J connectivity index is -0.0000000369. The van der Waals surface area contributed by atoms with Crippen molar-refractivity contribution < 1.29 is 109 Å².